The topological polar surface area (TPSA) is 19.4 Å². The third kappa shape index (κ3) is 10.2. The highest BCUT2D eigenvalue weighted by atomic mass is 15.2. The molecule has 0 N–H and O–H groups in total. The van der Waals surface area contributed by atoms with Gasteiger partial charge in [-0.3, -0.25) is 0 Å². The van der Waals surface area contributed by atoms with Crippen molar-refractivity contribution in [3.63, 3.8) is 0 Å². The van der Waals surface area contributed by atoms with Crippen LogP contribution in [0.3, 0.4) is 0 Å². The molecule has 2 aromatic carbocycles. The summed E-state index contributed by atoms with van der Waals surface area (Å²) in [5.74, 6) is 0. The predicted octanol–water partition coefficient (Wildman–Crippen LogP) is 3.39. The largest absolute Gasteiger partial charge is 0.375 e. The van der Waals surface area contributed by atoms with E-state index in [1.54, 1.807) is 0 Å². The van der Waals surface area contributed by atoms with Gasteiger partial charge in [-0.25, -0.2) is 0 Å². The molecule has 0 spiro atoms. The van der Waals surface area contributed by atoms with E-state index in [9.17, 15) is 0 Å². The second kappa shape index (κ2) is 14.7. The molecule has 0 fully saturated rings. The van der Waals surface area contributed by atoms with Gasteiger partial charge < -0.3 is 29.4 Å². The Balaban J connectivity index is 1.64. The van der Waals surface area contributed by atoms with Crippen LogP contribution < -0.4 is 4.90 Å². The first kappa shape index (κ1) is 28.6. The Hall–Kier alpha value is -1.96. The van der Waals surface area contributed by atoms with Crippen LogP contribution in [0.15, 0.2) is 48.5 Å². The normalized spacial score (nSPS) is 20.8. The van der Waals surface area contributed by atoms with Crippen LogP contribution in [0.5, 0.6) is 0 Å². The molecule has 36 heavy (non-hydrogen) atoms. The number of nitrogens with zero attached hydrogens (tertiary/aromatic N) is 6. The average Bonchev–Trinajstić information content (AvgIpc) is 2.85. The summed E-state index contributed by atoms with van der Waals surface area (Å²) >= 11 is 0. The van der Waals surface area contributed by atoms with E-state index in [4.69, 9.17) is 0 Å². The van der Waals surface area contributed by atoms with Crippen LogP contribution in [-0.2, 0) is 19.6 Å². The Morgan fingerprint density at radius 1 is 0.444 bits per heavy atom. The van der Waals surface area contributed by atoms with Crippen molar-refractivity contribution in [1.82, 2.24) is 24.5 Å². The maximum atomic E-state index is 2.47. The van der Waals surface area contributed by atoms with Crippen molar-refractivity contribution in [2.75, 3.05) is 99.5 Å². The van der Waals surface area contributed by atoms with Gasteiger partial charge in [0.25, 0.3) is 0 Å². The van der Waals surface area contributed by atoms with E-state index in [-0.39, 0.29) is 0 Å². The standard InChI is InChI=1S/C30H50N6/c1-31-14-9-15-36(6)30-13-8-12-29(23-30)26-35(5)21-18-32(2)17-20-34(4)25-28-11-7-10-27(22-28)24-33(3)19-16-31/h7-8,10-13,22-23H,9,14-21,24-26H2,1-6H3. The predicted molar refractivity (Wildman–Crippen MR) is 155 cm³/mol. The number of anilines is 1. The lowest BCUT2D eigenvalue weighted by Gasteiger charge is -2.26. The Morgan fingerprint density at radius 3 is 1.39 bits per heavy atom. The molecule has 0 radical (unpaired) electrons. The molecule has 0 saturated heterocycles. The van der Waals surface area contributed by atoms with Gasteiger partial charge in [0.2, 0.25) is 0 Å². The Labute approximate surface area is 221 Å². The number of rotatable bonds is 0. The molecule has 0 unspecified atom stereocenters. The number of benzene rings is 2. The summed E-state index contributed by atoms with van der Waals surface area (Å²) in [7, 11) is 13.4. The highest BCUT2D eigenvalue weighted by molar-refractivity contribution is 5.47. The summed E-state index contributed by atoms with van der Waals surface area (Å²) in [6, 6.07) is 18.2. The maximum Gasteiger partial charge on any atom is 0.0366 e. The zero-order valence-corrected chi connectivity index (χ0v) is 23.8. The smallest absolute Gasteiger partial charge is 0.0366 e. The van der Waals surface area contributed by atoms with Crippen LogP contribution >= 0.6 is 0 Å². The summed E-state index contributed by atoms with van der Waals surface area (Å²) < 4.78 is 0. The highest BCUT2D eigenvalue weighted by Gasteiger charge is 2.10. The van der Waals surface area contributed by atoms with E-state index in [1.165, 1.54) is 28.8 Å². The Morgan fingerprint density at radius 2 is 0.861 bits per heavy atom. The monoisotopic (exact) mass is 494 g/mol. The van der Waals surface area contributed by atoms with Gasteiger partial charge in [0.05, 0.1) is 0 Å². The van der Waals surface area contributed by atoms with Gasteiger partial charge in [0.1, 0.15) is 0 Å². The van der Waals surface area contributed by atoms with Crippen molar-refractivity contribution in [1.29, 1.82) is 0 Å². The fourth-order valence-electron chi connectivity index (χ4n) is 4.85. The van der Waals surface area contributed by atoms with Gasteiger partial charge in [-0.2, -0.15) is 0 Å². The van der Waals surface area contributed by atoms with Gasteiger partial charge >= 0.3 is 0 Å². The zero-order valence-electron chi connectivity index (χ0n) is 23.8. The zero-order chi connectivity index (χ0) is 25.9. The van der Waals surface area contributed by atoms with Crippen LogP contribution in [0.4, 0.5) is 5.69 Å². The molecule has 2 aromatic rings. The Kier molecular flexibility index (Phi) is 11.7. The van der Waals surface area contributed by atoms with Gasteiger partial charge in [0, 0.05) is 78.2 Å². The quantitative estimate of drug-likeness (QED) is 0.555. The molecule has 6 heteroatoms. The van der Waals surface area contributed by atoms with Crippen molar-refractivity contribution in [3.05, 3.63) is 65.2 Å². The van der Waals surface area contributed by atoms with E-state index in [0.717, 1.165) is 72.0 Å². The summed E-state index contributed by atoms with van der Waals surface area (Å²) in [5, 5.41) is 0. The molecule has 0 aromatic heterocycles. The van der Waals surface area contributed by atoms with Gasteiger partial charge in [-0.1, -0.05) is 36.4 Å². The second-order valence-electron chi connectivity index (χ2n) is 11.1. The second-order valence-corrected chi connectivity index (χ2v) is 11.1. The van der Waals surface area contributed by atoms with Crippen LogP contribution in [0, 0.1) is 0 Å². The molecule has 200 valence electrons. The lowest BCUT2D eigenvalue weighted by Crippen LogP contribution is -2.35. The van der Waals surface area contributed by atoms with E-state index < -0.39 is 0 Å². The highest BCUT2D eigenvalue weighted by Crippen LogP contribution is 2.16. The van der Waals surface area contributed by atoms with Crippen LogP contribution in [0.25, 0.3) is 0 Å². The molecule has 1 aliphatic heterocycles. The van der Waals surface area contributed by atoms with Crippen LogP contribution in [0.2, 0.25) is 0 Å². The third-order valence-corrected chi connectivity index (χ3v) is 7.32. The number of fused-ring (bicyclic) bond motifs is 4. The van der Waals surface area contributed by atoms with E-state index in [1.807, 2.05) is 0 Å². The first-order chi connectivity index (χ1) is 17.3. The molecule has 6 nitrogen and oxygen atoms in total. The lowest BCUT2D eigenvalue weighted by atomic mass is 10.1. The first-order valence-electron chi connectivity index (χ1n) is 13.6. The van der Waals surface area contributed by atoms with Crippen LogP contribution in [-0.4, -0.2) is 119 Å². The molecule has 3 rings (SSSR count). The van der Waals surface area contributed by atoms with Gasteiger partial charge in [0.15, 0.2) is 0 Å². The fourth-order valence-corrected chi connectivity index (χ4v) is 4.85. The SMILES string of the molecule is CN1CCCN(C)c2cccc(c2)CN(C)CCN(C)CCN(C)Cc2cccc(c2)CN(C)CC1. The molecule has 4 bridgehead atoms. The van der Waals surface area contributed by atoms with Gasteiger partial charge in [-0.05, 0) is 77.0 Å². The molecular weight excluding hydrogens is 444 g/mol. The molecule has 1 heterocycles. The molecule has 0 amide bonds. The fraction of sp³-hybridized carbons (Fsp3) is 0.600. The maximum absolute atomic E-state index is 2.47. The van der Waals surface area contributed by atoms with Crippen molar-refractivity contribution in [2.45, 2.75) is 26.1 Å². The minimum absolute atomic E-state index is 0.988. The molecular formula is C30H50N6. The minimum atomic E-state index is 0.988. The summed E-state index contributed by atoms with van der Waals surface area (Å²) in [5.41, 5.74) is 5.52. The third-order valence-electron chi connectivity index (χ3n) is 7.32. The summed E-state index contributed by atoms with van der Waals surface area (Å²) in [4.78, 5) is 14.7. The minimum Gasteiger partial charge on any atom is -0.375 e. The number of likely N-dealkylation sites (N-methyl/N-ethyl adjacent to an activating group) is 5. The van der Waals surface area contributed by atoms with Crippen LogP contribution in [0.1, 0.15) is 23.1 Å². The van der Waals surface area contributed by atoms with E-state index in [2.05, 4.69) is 120 Å². The van der Waals surface area contributed by atoms with E-state index in [0.29, 0.717) is 0 Å². The molecule has 0 atom stereocenters. The summed E-state index contributed by atoms with van der Waals surface area (Å²) in [6.07, 6.45) is 1.17. The van der Waals surface area contributed by atoms with Gasteiger partial charge in [-0.15, -0.1) is 0 Å². The van der Waals surface area contributed by atoms with E-state index >= 15 is 0 Å². The van der Waals surface area contributed by atoms with Crippen molar-refractivity contribution >= 4 is 5.69 Å². The summed E-state index contributed by atoms with van der Waals surface area (Å²) in [6.45, 7) is 11.7. The van der Waals surface area contributed by atoms with Crippen molar-refractivity contribution in [3.8, 4) is 0 Å². The number of hydrogen-bond donors (Lipinski definition) is 0. The molecule has 0 saturated carbocycles. The number of hydrogen-bond acceptors (Lipinski definition) is 6. The van der Waals surface area contributed by atoms with Crippen molar-refractivity contribution < 1.29 is 0 Å². The lowest BCUT2D eigenvalue weighted by molar-refractivity contribution is 0.220. The van der Waals surface area contributed by atoms with Crippen molar-refractivity contribution in [2.24, 2.45) is 0 Å². The average molecular weight is 495 g/mol. The molecule has 0 aliphatic carbocycles. The first-order valence-corrected chi connectivity index (χ1v) is 13.6. The Bertz CT molecular complexity index is 903. The molecule has 1 aliphatic rings.